The van der Waals surface area contributed by atoms with Gasteiger partial charge >= 0.3 is 0 Å². The SMILES string of the molecule is C/C=C(/CCl)c1ccc(F)cc1F. The third kappa shape index (κ3) is 2.28. The number of rotatable bonds is 2. The molecule has 0 saturated carbocycles. The Kier molecular flexibility index (Phi) is 3.43. The molecule has 0 saturated heterocycles. The van der Waals surface area contributed by atoms with Gasteiger partial charge < -0.3 is 0 Å². The van der Waals surface area contributed by atoms with Crippen LogP contribution in [0.15, 0.2) is 24.3 Å². The molecule has 0 bridgehead atoms. The molecule has 0 radical (unpaired) electrons. The molecule has 1 rings (SSSR count). The van der Waals surface area contributed by atoms with Gasteiger partial charge in [0, 0.05) is 17.5 Å². The van der Waals surface area contributed by atoms with Gasteiger partial charge in [0.15, 0.2) is 0 Å². The Morgan fingerprint density at radius 3 is 2.62 bits per heavy atom. The fraction of sp³-hybridized carbons (Fsp3) is 0.200. The molecule has 0 heterocycles. The van der Waals surface area contributed by atoms with Crippen molar-refractivity contribution >= 4 is 17.2 Å². The van der Waals surface area contributed by atoms with Crippen molar-refractivity contribution in [2.24, 2.45) is 0 Å². The highest BCUT2D eigenvalue weighted by Crippen LogP contribution is 2.20. The van der Waals surface area contributed by atoms with Gasteiger partial charge in [-0.3, -0.25) is 0 Å². The number of alkyl halides is 1. The van der Waals surface area contributed by atoms with E-state index in [1.807, 2.05) is 0 Å². The first-order chi connectivity index (χ1) is 6.19. The van der Waals surface area contributed by atoms with Crippen LogP contribution >= 0.6 is 11.6 Å². The summed E-state index contributed by atoms with van der Waals surface area (Å²) >= 11 is 5.59. The summed E-state index contributed by atoms with van der Waals surface area (Å²) in [6.45, 7) is 1.76. The van der Waals surface area contributed by atoms with Crippen molar-refractivity contribution in [2.45, 2.75) is 6.92 Å². The van der Waals surface area contributed by atoms with Crippen molar-refractivity contribution < 1.29 is 8.78 Å². The minimum atomic E-state index is -0.578. The zero-order valence-electron chi connectivity index (χ0n) is 7.15. The van der Waals surface area contributed by atoms with Crippen LogP contribution in [-0.4, -0.2) is 5.88 Å². The molecule has 0 aliphatic carbocycles. The zero-order chi connectivity index (χ0) is 9.84. The molecule has 70 valence electrons. The molecule has 1 aromatic carbocycles. The summed E-state index contributed by atoms with van der Waals surface area (Å²) in [4.78, 5) is 0. The fourth-order valence-electron chi connectivity index (χ4n) is 1.05. The van der Waals surface area contributed by atoms with Gasteiger partial charge in [-0.15, -0.1) is 11.6 Å². The lowest BCUT2D eigenvalue weighted by molar-refractivity contribution is 0.581. The zero-order valence-corrected chi connectivity index (χ0v) is 7.91. The number of hydrogen-bond donors (Lipinski definition) is 0. The second-order valence-corrected chi connectivity index (χ2v) is 2.84. The minimum absolute atomic E-state index is 0.221. The maximum atomic E-state index is 13.1. The molecule has 0 fully saturated rings. The van der Waals surface area contributed by atoms with E-state index in [0.29, 0.717) is 11.1 Å². The first-order valence-electron chi connectivity index (χ1n) is 3.85. The summed E-state index contributed by atoms with van der Waals surface area (Å²) in [6, 6.07) is 3.46. The van der Waals surface area contributed by atoms with E-state index in [1.54, 1.807) is 13.0 Å². The molecule has 3 heteroatoms. The average molecular weight is 203 g/mol. The summed E-state index contributed by atoms with van der Waals surface area (Å²) in [5, 5.41) is 0. The molecule has 0 amide bonds. The maximum Gasteiger partial charge on any atom is 0.133 e. The number of allylic oxidation sites excluding steroid dienone is 2. The third-order valence-electron chi connectivity index (χ3n) is 1.77. The van der Waals surface area contributed by atoms with Gasteiger partial charge in [-0.05, 0) is 24.6 Å². The van der Waals surface area contributed by atoms with Crippen molar-refractivity contribution in [3.63, 3.8) is 0 Å². The van der Waals surface area contributed by atoms with Gasteiger partial charge in [-0.25, -0.2) is 8.78 Å². The van der Waals surface area contributed by atoms with Gasteiger partial charge in [0.25, 0.3) is 0 Å². The molecule has 0 N–H and O–H groups in total. The lowest BCUT2D eigenvalue weighted by atomic mass is 10.1. The van der Waals surface area contributed by atoms with Crippen LogP contribution in [0.5, 0.6) is 0 Å². The molecule has 0 aliphatic heterocycles. The highest BCUT2D eigenvalue weighted by molar-refractivity contribution is 6.23. The van der Waals surface area contributed by atoms with Gasteiger partial charge in [0.2, 0.25) is 0 Å². The molecule has 1 aromatic rings. The van der Waals surface area contributed by atoms with E-state index in [4.69, 9.17) is 11.6 Å². The van der Waals surface area contributed by atoms with Crippen LogP contribution in [-0.2, 0) is 0 Å². The monoisotopic (exact) mass is 202 g/mol. The van der Waals surface area contributed by atoms with Gasteiger partial charge in [-0.2, -0.15) is 0 Å². The van der Waals surface area contributed by atoms with E-state index < -0.39 is 11.6 Å². The van der Waals surface area contributed by atoms with E-state index in [1.165, 1.54) is 12.1 Å². The lowest BCUT2D eigenvalue weighted by Crippen LogP contribution is -1.91. The van der Waals surface area contributed by atoms with Gasteiger partial charge in [0.05, 0.1) is 0 Å². The molecule has 0 aliphatic rings. The minimum Gasteiger partial charge on any atom is -0.207 e. The van der Waals surface area contributed by atoms with Gasteiger partial charge in [-0.1, -0.05) is 6.08 Å². The number of halogens is 3. The second kappa shape index (κ2) is 4.38. The Morgan fingerprint density at radius 2 is 2.15 bits per heavy atom. The Balaban J connectivity index is 3.15. The van der Waals surface area contributed by atoms with Crippen molar-refractivity contribution in [2.75, 3.05) is 5.88 Å². The van der Waals surface area contributed by atoms with Crippen LogP contribution in [0.25, 0.3) is 5.57 Å². The van der Waals surface area contributed by atoms with Crippen molar-refractivity contribution in [3.05, 3.63) is 41.5 Å². The van der Waals surface area contributed by atoms with Crippen molar-refractivity contribution in [3.8, 4) is 0 Å². The molecule has 0 aromatic heterocycles. The summed E-state index contributed by atoms with van der Waals surface area (Å²) in [5.74, 6) is -0.931. The third-order valence-corrected chi connectivity index (χ3v) is 2.06. The summed E-state index contributed by atoms with van der Waals surface area (Å²) in [6.07, 6.45) is 1.71. The largest absolute Gasteiger partial charge is 0.207 e. The Hall–Kier alpha value is -0.890. The first-order valence-corrected chi connectivity index (χ1v) is 4.39. The molecule has 0 unspecified atom stereocenters. The predicted octanol–water partition coefficient (Wildman–Crippen LogP) is 3.61. The highest BCUT2D eigenvalue weighted by Gasteiger charge is 2.06. The smallest absolute Gasteiger partial charge is 0.133 e. The van der Waals surface area contributed by atoms with Crippen LogP contribution in [0.3, 0.4) is 0 Å². The van der Waals surface area contributed by atoms with Crippen LogP contribution in [0.1, 0.15) is 12.5 Å². The standard InChI is InChI=1S/C10H9ClF2/c1-2-7(6-11)9-4-3-8(12)5-10(9)13/h2-5H,6H2,1H3/b7-2-. The predicted molar refractivity (Wildman–Crippen MR) is 50.7 cm³/mol. The number of benzene rings is 1. The Labute approximate surface area is 80.8 Å². The lowest BCUT2D eigenvalue weighted by Gasteiger charge is -2.04. The Bertz CT molecular complexity index is 332. The average Bonchev–Trinajstić information content (AvgIpc) is 2.10. The van der Waals surface area contributed by atoms with E-state index >= 15 is 0 Å². The summed E-state index contributed by atoms with van der Waals surface area (Å²) < 4.78 is 25.7. The molecule has 0 spiro atoms. The van der Waals surface area contributed by atoms with Crippen molar-refractivity contribution in [1.82, 2.24) is 0 Å². The topological polar surface area (TPSA) is 0 Å². The molecular weight excluding hydrogens is 194 g/mol. The normalized spacial score (nSPS) is 11.8. The van der Waals surface area contributed by atoms with E-state index in [2.05, 4.69) is 0 Å². The van der Waals surface area contributed by atoms with Crippen LogP contribution < -0.4 is 0 Å². The van der Waals surface area contributed by atoms with Crippen molar-refractivity contribution in [1.29, 1.82) is 0 Å². The molecule has 0 nitrogen and oxygen atoms in total. The van der Waals surface area contributed by atoms with Crippen LogP contribution in [0.2, 0.25) is 0 Å². The van der Waals surface area contributed by atoms with Gasteiger partial charge in [0.1, 0.15) is 11.6 Å². The van der Waals surface area contributed by atoms with E-state index in [0.717, 1.165) is 6.07 Å². The van der Waals surface area contributed by atoms with E-state index in [9.17, 15) is 8.78 Å². The van der Waals surface area contributed by atoms with Crippen LogP contribution in [0.4, 0.5) is 8.78 Å². The summed E-state index contributed by atoms with van der Waals surface area (Å²) in [5.41, 5.74) is 1.03. The van der Waals surface area contributed by atoms with E-state index in [-0.39, 0.29) is 5.88 Å². The highest BCUT2D eigenvalue weighted by atomic mass is 35.5. The molecular formula is C10H9ClF2. The quantitative estimate of drug-likeness (QED) is 0.643. The fourth-order valence-corrected chi connectivity index (χ4v) is 1.35. The Morgan fingerprint density at radius 1 is 1.46 bits per heavy atom. The summed E-state index contributed by atoms with van der Waals surface area (Å²) in [7, 11) is 0. The second-order valence-electron chi connectivity index (χ2n) is 2.57. The number of hydrogen-bond acceptors (Lipinski definition) is 0. The maximum absolute atomic E-state index is 13.1. The molecule has 13 heavy (non-hydrogen) atoms. The first kappa shape index (κ1) is 10.2. The van der Waals surface area contributed by atoms with Crippen LogP contribution in [0, 0.1) is 11.6 Å². The molecule has 0 atom stereocenters.